The fourth-order valence-electron chi connectivity index (χ4n) is 2.09. The van der Waals surface area contributed by atoms with Crippen LogP contribution in [-0.2, 0) is 4.79 Å². The number of benzene rings is 1. The van der Waals surface area contributed by atoms with Gasteiger partial charge in [-0.15, -0.1) is 5.10 Å². The van der Waals surface area contributed by atoms with Gasteiger partial charge < -0.3 is 0 Å². The molecule has 0 N–H and O–H groups in total. The Morgan fingerprint density at radius 1 is 1.39 bits per heavy atom. The number of nitro benzene ring substituents is 1. The van der Waals surface area contributed by atoms with Crippen LogP contribution in [0.5, 0.6) is 0 Å². The predicted octanol–water partition coefficient (Wildman–Crippen LogP) is 3.05. The van der Waals surface area contributed by atoms with Crippen molar-refractivity contribution in [1.82, 2.24) is 4.90 Å². The number of amides is 1. The second-order valence-corrected chi connectivity index (χ2v) is 7.39. The summed E-state index contributed by atoms with van der Waals surface area (Å²) in [6.45, 7) is 7.63. The van der Waals surface area contributed by atoms with E-state index in [9.17, 15) is 14.9 Å². The Labute approximate surface area is 138 Å². The van der Waals surface area contributed by atoms with Crippen LogP contribution in [0.4, 0.5) is 5.69 Å². The van der Waals surface area contributed by atoms with E-state index in [-0.39, 0.29) is 22.4 Å². The second-order valence-electron chi connectivity index (χ2n) is 6.08. The average molecular weight is 334 g/mol. The molecule has 122 valence electrons. The number of nitro groups is 1. The first kappa shape index (κ1) is 17.1. The molecule has 1 atom stereocenters. The summed E-state index contributed by atoms with van der Waals surface area (Å²) in [5.41, 5.74) is 0.194. The van der Waals surface area contributed by atoms with Crippen molar-refractivity contribution in [3.63, 3.8) is 0 Å². The minimum atomic E-state index is -0.461. The maximum atomic E-state index is 12.2. The largest absolute Gasteiger partial charge is 0.283 e. The lowest BCUT2D eigenvalue weighted by atomic mass is 10.1. The first-order valence-corrected chi connectivity index (χ1v) is 7.94. The van der Waals surface area contributed by atoms with Gasteiger partial charge in [0.1, 0.15) is 0 Å². The minimum absolute atomic E-state index is 0.00281. The van der Waals surface area contributed by atoms with Gasteiger partial charge in [-0.05, 0) is 27.7 Å². The molecule has 8 heteroatoms. The van der Waals surface area contributed by atoms with Crippen LogP contribution in [-0.4, -0.2) is 37.9 Å². The standard InChI is InChI=1S/C15H18N4O3S/c1-10-13(20)18(15(2,3)4)14(23-10)17-16-9-11-6-5-7-12(8-11)19(21)22/h5-10H,1-4H3/b16-9-,17-14+/t10-/m0/s1. The zero-order valence-electron chi connectivity index (χ0n) is 13.4. The molecule has 23 heavy (non-hydrogen) atoms. The zero-order chi connectivity index (χ0) is 17.2. The van der Waals surface area contributed by atoms with E-state index in [4.69, 9.17) is 0 Å². The molecule has 1 aliphatic rings. The summed E-state index contributed by atoms with van der Waals surface area (Å²) >= 11 is 1.36. The number of carbonyl (C=O) groups is 1. The van der Waals surface area contributed by atoms with E-state index in [0.29, 0.717) is 10.7 Å². The Morgan fingerprint density at radius 3 is 2.70 bits per heavy atom. The number of carbonyl (C=O) groups excluding carboxylic acids is 1. The quantitative estimate of drug-likeness (QED) is 0.483. The second kappa shape index (κ2) is 6.49. The highest BCUT2D eigenvalue weighted by Gasteiger charge is 2.41. The van der Waals surface area contributed by atoms with Crippen LogP contribution in [0.2, 0.25) is 0 Å². The van der Waals surface area contributed by atoms with Crippen LogP contribution in [0.25, 0.3) is 0 Å². The van der Waals surface area contributed by atoms with Gasteiger partial charge in [-0.25, -0.2) is 0 Å². The summed E-state index contributed by atoms with van der Waals surface area (Å²) in [7, 11) is 0. The molecule has 0 saturated carbocycles. The third kappa shape index (κ3) is 3.95. The molecule has 7 nitrogen and oxygen atoms in total. The highest BCUT2D eigenvalue weighted by molar-refractivity contribution is 8.15. The summed E-state index contributed by atoms with van der Waals surface area (Å²) in [6.07, 6.45) is 1.44. The summed E-state index contributed by atoms with van der Waals surface area (Å²) in [4.78, 5) is 24.1. The Kier molecular flexibility index (Phi) is 4.84. The number of nitrogens with zero attached hydrogens (tertiary/aromatic N) is 4. The van der Waals surface area contributed by atoms with Gasteiger partial charge in [0.25, 0.3) is 5.69 Å². The van der Waals surface area contributed by atoms with Crippen molar-refractivity contribution < 1.29 is 9.72 Å². The highest BCUT2D eigenvalue weighted by atomic mass is 32.2. The molecule has 0 spiro atoms. The van der Waals surface area contributed by atoms with Crippen molar-refractivity contribution in [3.8, 4) is 0 Å². The molecule has 1 aromatic rings. The molecule has 2 rings (SSSR count). The van der Waals surface area contributed by atoms with Gasteiger partial charge in [-0.2, -0.15) is 5.10 Å². The molecule has 1 heterocycles. The average Bonchev–Trinajstić information content (AvgIpc) is 2.74. The van der Waals surface area contributed by atoms with E-state index >= 15 is 0 Å². The van der Waals surface area contributed by atoms with Crippen molar-refractivity contribution >= 4 is 34.7 Å². The lowest BCUT2D eigenvalue weighted by Gasteiger charge is -2.30. The summed E-state index contributed by atoms with van der Waals surface area (Å²) in [5, 5.41) is 19.2. The lowest BCUT2D eigenvalue weighted by molar-refractivity contribution is -0.384. The maximum Gasteiger partial charge on any atom is 0.270 e. The number of rotatable bonds is 3. The molecule has 1 aromatic carbocycles. The Balaban J connectivity index is 2.23. The molecule has 0 aliphatic carbocycles. The normalized spacial score (nSPS) is 20.7. The number of hydrogen-bond donors (Lipinski definition) is 0. The molecule has 0 bridgehead atoms. The number of amidine groups is 1. The number of thioether (sulfide) groups is 1. The third-order valence-corrected chi connectivity index (χ3v) is 4.17. The van der Waals surface area contributed by atoms with Gasteiger partial charge >= 0.3 is 0 Å². The molecule has 1 aliphatic heterocycles. The van der Waals surface area contributed by atoms with Crippen LogP contribution in [0.1, 0.15) is 33.3 Å². The predicted molar refractivity (Wildman–Crippen MR) is 91.8 cm³/mol. The number of non-ortho nitro benzene ring substituents is 1. The van der Waals surface area contributed by atoms with E-state index in [1.165, 1.54) is 30.1 Å². The first-order chi connectivity index (χ1) is 10.7. The fourth-order valence-corrected chi connectivity index (χ4v) is 3.17. The molecular formula is C15H18N4O3S. The first-order valence-electron chi connectivity index (χ1n) is 7.06. The Hall–Kier alpha value is -2.22. The molecule has 0 unspecified atom stereocenters. The van der Waals surface area contributed by atoms with Crippen LogP contribution in [0, 0.1) is 10.1 Å². The van der Waals surface area contributed by atoms with Crippen molar-refractivity contribution in [2.75, 3.05) is 0 Å². The SMILES string of the molecule is C[C@@H]1S/C(=N/N=C\c2cccc([N+](=O)[O-])c2)N(C(C)(C)C)C1=O. The molecule has 1 amide bonds. The molecule has 1 saturated heterocycles. The summed E-state index contributed by atoms with van der Waals surface area (Å²) in [6, 6.07) is 6.12. The Morgan fingerprint density at radius 2 is 2.09 bits per heavy atom. The van der Waals surface area contributed by atoms with Gasteiger partial charge in [0.05, 0.1) is 16.4 Å². The van der Waals surface area contributed by atoms with Crippen LogP contribution >= 0.6 is 11.8 Å². The third-order valence-electron chi connectivity index (χ3n) is 3.14. The van der Waals surface area contributed by atoms with E-state index in [1.54, 1.807) is 17.0 Å². The monoisotopic (exact) mass is 334 g/mol. The van der Waals surface area contributed by atoms with E-state index in [1.807, 2.05) is 27.7 Å². The summed E-state index contributed by atoms with van der Waals surface area (Å²) < 4.78 is 0. The van der Waals surface area contributed by atoms with Gasteiger partial charge in [-0.1, -0.05) is 23.9 Å². The summed E-state index contributed by atoms with van der Waals surface area (Å²) in [5.74, 6) is 0.00630. The van der Waals surface area contributed by atoms with Crippen molar-refractivity contribution in [2.45, 2.75) is 38.5 Å². The van der Waals surface area contributed by atoms with E-state index in [2.05, 4.69) is 10.2 Å². The van der Waals surface area contributed by atoms with Gasteiger partial charge in [0, 0.05) is 23.2 Å². The van der Waals surface area contributed by atoms with Crippen LogP contribution < -0.4 is 0 Å². The van der Waals surface area contributed by atoms with Gasteiger partial charge in [0.15, 0.2) is 5.17 Å². The van der Waals surface area contributed by atoms with Crippen LogP contribution in [0.3, 0.4) is 0 Å². The lowest BCUT2D eigenvalue weighted by Crippen LogP contribution is -2.45. The van der Waals surface area contributed by atoms with E-state index in [0.717, 1.165) is 0 Å². The number of hydrogen-bond acceptors (Lipinski definition) is 6. The fraction of sp³-hybridized carbons (Fsp3) is 0.400. The van der Waals surface area contributed by atoms with Crippen molar-refractivity contribution in [2.24, 2.45) is 10.2 Å². The van der Waals surface area contributed by atoms with Gasteiger partial charge in [0.2, 0.25) is 5.91 Å². The maximum absolute atomic E-state index is 12.2. The molecule has 1 fully saturated rings. The smallest absolute Gasteiger partial charge is 0.270 e. The topological polar surface area (TPSA) is 88.2 Å². The van der Waals surface area contributed by atoms with Crippen molar-refractivity contribution in [3.05, 3.63) is 39.9 Å². The Bertz CT molecular complexity index is 694. The van der Waals surface area contributed by atoms with Crippen LogP contribution in [0.15, 0.2) is 34.5 Å². The highest BCUT2D eigenvalue weighted by Crippen LogP contribution is 2.32. The van der Waals surface area contributed by atoms with E-state index < -0.39 is 4.92 Å². The molecule has 0 radical (unpaired) electrons. The molecular weight excluding hydrogens is 316 g/mol. The van der Waals surface area contributed by atoms with Gasteiger partial charge in [-0.3, -0.25) is 19.8 Å². The zero-order valence-corrected chi connectivity index (χ0v) is 14.2. The van der Waals surface area contributed by atoms with Crippen molar-refractivity contribution in [1.29, 1.82) is 0 Å². The molecule has 0 aromatic heterocycles. The minimum Gasteiger partial charge on any atom is -0.283 e.